The Morgan fingerprint density at radius 3 is 1.68 bits per heavy atom. The van der Waals surface area contributed by atoms with Crippen LogP contribution in [0.4, 0.5) is 0 Å². The molecule has 15 rings (SSSR count). The van der Waals surface area contributed by atoms with Gasteiger partial charge >= 0.3 is 0 Å². The zero-order chi connectivity index (χ0) is 45.2. The number of furan rings is 1. The highest BCUT2D eigenvalue weighted by Gasteiger charge is 2.25. The van der Waals surface area contributed by atoms with Gasteiger partial charge in [-0.25, -0.2) is 15.0 Å². The van der Waals surface area contributed by atoms with E-state index in [2.05, 4.69) is 221 Å². The fourth-order valence-corrected chi connectivity index (χ4v) is 11.1. The van der Waals surface area contributed by atoms with Gasteiger partial charge < -0.3 is 13.6 Å². The van der Waals surface area contributed by atoms with E-state index in [0.717, 1.165) is 93.6 Å². The first-order valence-corrected chi connectivity index (χ1v) is 23.3. The maximum atomic E-state index is 6.93. The molecule has 0 aliphatic rings. The topological polar surface area (TPSA) is 61.7 Å². The highest BCUT2D eigenvalue weighted by molar-refractivity contribution is 6.24. The van der Waals surface area contributed by atoms with Crippen molar-refractivity contribution >= 4 is 97.9 Å². The average molecular weight is 880 g/mol. The third-order valence-electron chi connectivity index (χ3n) is 14.1. The summed E-state index contributed by atoms with van der Waals surface area (Å²) in [7, 11) is 0. The molecule has 0 fully saturated rings. The first-order valence-electron chi connectivity index (χ1n) is 23.3. The second-order valence-corrected chi connectivity index (χ2v) is 17.9. The van der Waals surface area contributed by atoms with E-state index >= 15 is 0 Å². The van der Waals surface area contributed by atoms with Gasteiger partial charge in [0.15, 0.2) is 17.5 Å². The molecule has 15 aromatic rings. The summed E-state index contributed by atoms with van der Waals surface area (Å²) in [5, 5.41) is 13.6. The van der Waals surface area contributed by atoms with Crippen molar-refractivity contribution in [2.75, 3.05) is 0 Å². The molecule has 6 heteroatoms. The van der Waals surface area contributed by atoms with E-state index in [1.165, 1.54) is 32.3 Å². The molecule has 320 valence electrons. The van der Waals surface area contributed by atoms with Crippen molar-refractivity contribution in [1.82, 2.24) is 24.1 Å². The van der Waals surface area contributed by atoms with E-state index in [4.69, 9.17) is 19.4 Å². The molecule has 4 aromatic heterocycles. The van der Waals surface area contributed by atoms with Gasteiger partial charge in [-0.05, 0) is 93.0 Å². The van der Waals surface area contributed by atoms with Crippen molar-refractivity contribution < 1.29 is 4.42 Å². The fourth-order valence-electron chi connectivity index (χ4n) is 11.1. The summed E-state index contributed by atoms with van der Waals surface area (Å²) in [6.45, 7) is 0. The van der Waals surface area contributed by atoms with Gasteiger partial charge in [-0.1, -0.05) is 164 Å². The number of benzene rings is 11. The number of hydrogen-bond donors (Lipinski definition) is 0. The van der Waals surface area contributed by atoms with E-state index in [9.17, 15) is 0 Å². The van der Waals surface area contributed by atoms with Crippen molar-refractivity contribution in [3.05, 3.63) is 224 Å². The van der Waals surface area contributed by atoms with E-state index in [-0.39, 0.29) is 0 Å². The Labute approximate surface area is 394 Å². The van der Waals surface area contributed by atoms with Crippen LogP contribution in [0.3, 0.4) is 0 Å². The highest BCUT2D eigenvalue weighted by Crippen LogP contribution is 2.44. The Balaban J connectivity index is 1.07. The molecule has 0 N–H and O–H groups in total. The van der Waals surface area contributed by atoms with E-state index in [1.54, 1.807) is 0 Å². The lowest BCUT2D eigenvalue weighted by atomic mass is 10.0. The number of fused-ring (bicyclic) bond motifs is 13. The quantitative estimate of drug-likeness (QED) is 0.173. The van der Waals surface area contributed by atoms with Gasteiger partial charge in [-0.3, -0.25) is 0 Å². The number of hydrogen-bond acceptors (Lipinski definition) is 4. The molecule has 0 atom stereocenters. The molecule has 6 nitrogen and oxygen atoms in total. The largest absolute Gasteiger partial charge is 0.455 e. The van der Waals surface area contributed by atoms with E-state index in [0.29, 0.717) is 17.5 Å². The molecule has 0 spiro atoms. The minimum absolute atomic E-state index is 0.523. The maximum absolute atomic E-state index is 6.93. The molecule has 69 heavy (non-hydrogen) atoms. The molecular weight excluding hydrogens is 843 g/mol. The van der Waals surface area contributed by atoms with Crippen molar-refractivity contribution in [2.45, 2.75) is 0 Å². The Hall–Kier alpha value is -9.39. The van der Waals surface area contributed by atoms with Crippen LogP contribution in [0.1, 0.15) is 0 Å². The Morgan fingerprint density at radius 1 is 0.290 bits per heavy atom. The van der Waals surface area contributed by atoms with Crippen LogP contribution < -0.4 is 0 Å². The Morgan fingerprint density at radius 2 is 0.855 bits per heavy atom. The number of rotatable bonds is 5. The number of nitrogens with zero attached hydrogens (tertiary/aromatic N) is 5. The van der Waals surface area contributed by atoms with Crippen LogP contribution in [0.5, 0.6) is 0 Å². The van der Waals surface area contributed by atoms with Gasteiger partial charge in [0.1, 0.15) is 11.2 Å². The van der Waals surface area contributed by atoms with Crippen LogP contribution in [-0.4, -0.2) is 24.1 Å². The lowest BCUT2D eigenvalue weighted by Gasteiger charge is -2.14. The lowest BCUT2D eigenvalue weighted by Crippen LogP contribution is -2.02. The molecular formula is C63H37N5O. The number of aromatic nitrogens is 5. The van der Waals surface area contributed by atoms with Crippen molar-refractivity contribution in [1.29, 1.82) is 0 Å². The van der Waals surface area contributed by atoms with Gasteiger partial charge in [-0.2, -0.15) is 0 Å². The minimum atomic E-state index is 0.523. The number of para-hydroxylation sites is 3. The summed E-state index contributed by atoms with van der Waals surface area (Å²) in [6.07, 6.45) is 0. The zero-order valence-electron chi connectivity index (χ0n) is 37.0. The maximum Gasteiger partial charge on any atom is 0.167 e. The molecule has 0 amide bonds. The third-order valence-corrected chi connectivity index (χ3v) is 14.1. The average Bonchev–Trinajstić information content (AvgIpc) is 4.07. The van der Waals surface area contributed by atoms with Crippen LogP contribution in [-0.2, 0) is 0 Å². The molecule has 0 radical (unpaired) electrons. The second kappa shape index (κ2) is 14.6. The van der Waals surface area contributed by atoms with Crippen molar-refractivity contribution in [2.24, 2.45) is 0 Å². The van der Waals surface area contributed by atoms with Crippen LogP contribution in [0.2, 0.25) is 0 Å². The molecule has 0 saturated carbocycles. The zero-order valence-corrected chi connectivity index (χ0v) is 37.0. The first kappa shape index (κ1) is 37.8. The normalized spacial score (nSPS) is 12.1. The summed E-state index contributed by atoms with van der Waals surface area (Å²) in [5.74, 6) is 1.68. The molecule has 4 heterocycles. The minimum Gasteiger partial charge on any atom is -0.455 e. The first-order chi connectivity index (χ1) is 34.2. The second-order valence-electron chi connectivity index (χ2n) is 17.9. The standard InChI is InChI=1S/C63H37N5O/c1-2-21-42(22-3-1)67-53-29-12-10-26-48(53)59-49(28-15-30-54(59)67)62-64-61(47-27-14-20-38-16-6-8-23-44(38)47)65-63(66-62)52-37-43(36-50-46-25-11-13-31-57(46)69-60(50)52)68-55-33-32-39-17-7-9-24-45(39)58(55)51-34-40-18-4-5-19-41(40)35-56(51)68/h1-37H. The fraction of sp³-hybridized carbons (Fsp3) is 0. The van der Waals surface area contributed by atoms with Gasteiger partial charge in [0.05, 0.1) is 27.6 Å². The SMILES string of the molecule is c1ccc(-n2c3ccccc3c3c(-c4nc(-c5cccc6ccccc56)nc(-c5cc(-n6c7cc8ccccc8cc7c7c8ccccc8ccc76)cc6c5oc5ccccc56)n4)cccc32)cc1. The van der Waals surface area contributed by atoms with Gasteiger partial charge in [0.25, 0.3) is 0 Å². The predicted octanol–water partition coefficient (Wildman–Crippen LogP) is 16.4. The summed E-state index contributed by atoms with van der Waals surface area (Å²) in [4.78, 5) is 16.5. The lowest BCUT2D eigenvalue weighted by molar-refractivity contribution is 0.669. The summed E-state index contributed by atoms with van der Waals surface area (Å²) in [6, 6.07) is 79.7. The van der Waals surface area contributed by atoms with Crippen LogP contribution in [0.25, 0.3) is 143 Å². The molecule has 0 saturated heterocycles. The summed E-state index contributed by atoms with van der Waals surface area (Å²) < 4.78 is 11.7. The highest BCUT2D eigenvalue weighted by atomic mass is 16.3. The van der Waals surface area contributed by atoms with Crippen LogP contribution in [0.15, 0.2) is 229 Å². The third kappa shape index (κ3) is 5.63. The Kier molecular flexibility index (Phi) is 7.97. The van der Waals surface area contributed by atoms with Gasteiger partial charge in [0.2, 0.25) is 0 Å². The molecule has 0 aliphatic carbocycles. The predicted molar refractivity (Wildman–Crippen MR) is 285 cm³/mol. The molecule has 0 unspecified atom stereocenters. The molecule has 11 aromatic carbocycles. The van der Waals surface area contributed by atoms with E-state index < -0.39 is 0 Å². The van der Waals surface area contributed by atoms with Crippen molar-refractivity contribution in [3.63, 3.8) is 0 Å². The van der Waals surface area contributed by atoms with Crippen LogP contribution >= 0.6 is 0 Å². The monoisotopic (exact) mass is 879 g/mol. The molecule has 0 bridgehead atoms. The van der Waals surface area contributed by atoms with Gasteiger partial charge in [-0.15, -0.1) is 0 Å². The smallest absolute Gasteiger partial charge is 0.167 e. The van der Waals surface area contributed by atoms with Crippen molar-refractivity contribution in [3.8, 4) is 45.5 Å². The molecule has 0 aliphatic heterocycles. The summed E-state index contributed by atoms with van der Waals surface area (Å²) in [5.41, 5.74) is 10.6. The van der Waals surface area contributed by atoms with E-state index in [1.807, 2.05) is 12.1 Å². The van der Waals surface area contributed by atoms with Gasteiger partial charge in [0, 0.05) is 54.8 Å². The Bertz CT molecular complexity index is 4610. The van der Waals surface area contributed by atoms with Crippen LogP contribution in [0, 0.1) is 0 Å². The summed E-state index contributed by atoms with van der Waals surface area (Å²) >= 11 is 0.